The Bertz CT molecular complexity index is 506. The molecule has 2 aromatic rings. The largest absolute Gasteiger partial charge is 0.350 e. The zero-order valence-electron chi connectivity index (χ0n) is 10.2. The highest BCUT2D eigenvalue weighted by Gasteiger charge is 2.12. The molecule has 2 N–H and O–H groups in total. The molecule has 18 heavy (non-hydrogen) atoms. The molecule has 0 aromatic carbocycles. The molecule has 0 fully saturated rings. The lowest BCUT2D eigenvalue weighted by Crippen LogP contribution is -2.26. The van der Waals surface area contributed by atoms with Gasteiger partial charge in [0.1, 0.15) is 5.69 Å². The van der Waals surface area contributed by atoms with Gasteiger partial charge in [-0.25, -0.2) is 4.98 Å². The first-order valence-electron chi connectivity index (χ1n) is 5.62. The molecule has 0 aliphatic heterocycles. The van der Waals surface area contributed by atoms with Gasteiger partial charge in [0.25, 0.3) is 5.91 Å². The van der Waals surface area contributed by atoms with E-state index in [0.717, 1.165) is 5.01 Å². The number of thiazole rings is 1. The van der Waals surface area contributed by atoms with Crippen LogP contribution in [0.4, 0.5) is 0 Å². The van der Waals surface area contributed by atoms with Gasteiger partial charge in [0, 0.05) is 24.3 Å². The molecule has 96 valence electrons. The minimum Gasteiger partial charge on any atom is -0.350 e. The number of hydrogen-bond donors (Lipinski definition) is 2. The highest BCUT2D eigenvalue weighted by molar-refractivity contribution is 7.09. The van der Waals surface area contributed by atoms with Gasteiger partial charge >= 0.3 is 0 Å². The van der Waals surface area contributed by atoms with Gasteiger partial charge in [0.05, 0.1) is 5.01 Å². The molecule has 1 amide bonds. The molecule has 0 spiro atoms. The van der Waals surface area contributed by atoms with Crippen molar-refractivity contribution in [2.75, 3.05) is 6.54 Å². The lowest BCUT2D eigenvalue weighted by atomic mass is 10.2. The quantitative estimate of drug-likeness (QED) is 0.832. The number of carbonyl (C=O) groups excluding carboxylic acids is 1. The van der Waals surface area contributed by atoms with Crippen molar-refractivity contribution in [1.82, 2.24) is 30.9 Å². The maximum atomic E-state index is 11.8. The summed E-state index contributed by atoms with van der Waals surface area (Å²) in [7, 11) is 0. The third-order valence-corrected chi connectivity index (χ3v) is 3.42. The van der Waals surface area contributed by atoms with Crippen LogP contribution < -0.4 is 5.32 Å². The fourth-order valence-corrected chi connectivity index (χ4v) is 2.14. The third-order valence-electron chi connectivity index (χ3n) is 2.27. The van der Waals surface area contributed by atoms with Crippen molar-refractivity contribution in [3.05, 3.63) is 21.9 Å². The normalized spacial score (nSPS) is 10.8. The Morgan fingerprint density at radius 3 is 3.00 bits per heavy atom. The summed E-state index contributed by atoms with van der Waals surface area (Å²) in [6, 6.07) is 0. The molecule has 0 saturated carbocycles. The van der Waals surface area contributed by atoms with E-state index in [-0.39, 0.29) is 5.91 Å². The Balaban J connectivity index is 1.83. The van der Waals surface area contributed by atoms with Crippen molar-refractivity contribution in [3.63, 3.8) is 0 Å². The van der Waals surface area contributed by atoms with E-state index in [2.05, 4.69) is 44.8 Å². The Labute approximate surface area is 108 Å². The number of H-pyrrole nitrogens is 1. The fraction of sp³-hybridized carbons (Fsp3) is 0.500. The molecule has 0 radical (unpaired) electrons. The summed E-state index contributed by atoms with van der Waals surface area (Å²) in [6.45, 7) is 4.57. The van der Waals surface area contributed by atoms with Crippen LogP contribution >= 0.6 is 11.3 Å². The molecule has 7 nitrogen and oxygen atoms in total. The Kier molecular flexibility index (Phi) is 3.98. The molecular weight excluding hydrogens is 252 g/mol. The third kappa shape index (κ3) is 3.10. The average molecular weight is 266 g/mol. The average Bonchev–Trinajstić information content (AvgIpc) is 2.99. The molecule has 2 rings (SSSR count). The van der Waals surface area contributed by atoms with Gasteiger partial charge in [-0.2, -0.15) is 5.21 Å². The molecule has 0 saturated heterocycles. The van der Waals surface area contributed by atoms with E-state index in [1.54, 1.807) is 5.38 Å². The molecule has 0 atom stereocenters. The van der Waals surface area contributed by atoms with E-state index in [0.29, 0.717) is 30.4 Å². The zero-order valence-corrected chi connectivity index (χ0v) is 11.0. The molecule has 0 bridgehead atoms. The van der Waals surface area contributed by atoms with Crippen LogP contribution in [0.5, 0.6) is 0 Å². The molecular formula is C10H14N6OS. The lowest BCUT2D eigenvalue weighted by Gasteiger charge is -2.00. The summed E-state index contributed by atoms with van der Waals surface area (Å²) in [5, 5.41) is 18.9. The van der Waals surface area contributed by atoms with E-state index < -0.39 is 0 Å². The van der Waals surface area contributed by atoms with E-state index in [1.807, 2.05) is 0 Å². The van der Waals surface area contributed by atoms with Crippen LogP contribution in [0.2, 0.25) is 0 Å². The summed E-state index contributed by atoms with van der Waals surface area (Å²) in [5.74, 6) is 0.758. The van der Waals surface area contributed by atoms with E-state index in [1.165, 1.54) is 11.3 Å². The first kappa shape index (κ1) is 12.6. The lowest BCUT2D eigenvalue weighted by molar-refractivity contribution is 0.0949. The monoisotopic (exact) mass is 266 g/mol. The predicted molar refractivity (Wildman–Crippen MR) is 66.4 cm³/mol. The number of amides is 1. The van der Waals surface area contributed by atoms with Gasteiger partial charge in [-0.05, 0) is 0 Å². The van der Waals surface area contributed by atoms with Gasteiger partial charge in [0.2, 0.25) is 0 Å². The van der Waals surface area contributed by atoms with Gasteiger partial charge in [-0.3, -0.25) is 4.79 Å². The summed E-state index contributed by atoms with van der Waals surface area (Å²) in [6.07, 6.45) is 0.545. The standard InChI is InChI=1S/C10H14N6OS/c1-6(2)10-12-7(5-18-10)9(17)11-4-3-8-13-15-16-14-8/h5-6H,3-4H2,1-2H3,(H,11,17)(H,13,14,15,16). The number of aromatic nitrogens is 5. The van der Waals surface area contributed by atoms with Crippen LogP contribution in [0.3, 0.4) is 0 Å². The predicted octanol–water partition coefficient (Wildman–Crippen LogP) is 0.752. The Hall–Kier alpha value is -1.83. The maximum absolute atomic E-state index is 11.8. The number of carbonyl (C=O) groups is 1. The van der Waals surface area contributed by atoms with E-state index in [9.17, 15) is 4.79 Å². The van der Waals surface area contributed by atoms with Crippen LogP contribution in [0.25, 0.3) is 0 Å². The zero-order chi connectivity index (χ0) is 13.0. The van der Waals surface area contributed by atoms with Crippen molar-refractivity contribution < 1.29 is 4.79 Å². The highest BCUT2D eigenvalue weighted by atomic mass is 32.1. The molecule has 0 aliphatic carbocycles. The number of aromatic amines is 1. The van der Waals surface area contributed by atoms with Crippen molar-refractivity contribution >= 4 is 17.2 Å². The molecule has 2 heterocycles. The minimum atomic E-state index is -0.165. The van der Waals surface area contributed by atoms with Crippen LogP contribution in [0.1, 0.15) is 41.1 Å². The molecule has 8 heteroatoms. The number of nitrogens with zero attached hydrogens (tertiary/aromatic N) is 4. The number of tetrazole rings is 1. The van der Waals surface area contributed by atoms with Gasteiger partial charge in [0.15, 0.2) is 5.82 Å². The van der Waals surface area contributed by atoms with Gasteiger partial charge < -0.3 is 5.32 Å². The smallest absolute Gasteiger partial charge is 0.270 e. The summed E-state index contributed by atoms with van der Waals surface area (Å²) >= 11 is 1.51. The number of rotatable bonds is 5. The number of hydrogen-bond acceptors (Lipinski definition) is 6. The fourth-order valence-electron chi connectivity index (χ4n) is 1.32. The highest BCUT2D eigenvalue weighted by Crippen LogP contribution is 2.18. The van der Waals surface area contributed by atoms with E-state index >= 15 is 0 Å². The second-order valence-electron chi connectivity index (χ2n) is 4.06. The second-order valence-corrected chi connectivity index (χ2v) is 4.95. The Morgan fingerprint density at radius 2 is 2.39 bits per heavy atom. The van der Waals surface area contributed by atoms with Crippen molar-refractivity contribution in [3.8, 4) is 0 Å². The SMILES string of the molecule is CC(C)c1nc(C(=O)NCCc2nn[nH]n2)cs1. The topological polar surface area (TPSA) is 96.5 Å². The summed E-state index contributed by atoms with van der Waals surface area (Å²) < 4.78 is 0. The molecule has 2 aromatic heterocycles. The van der Waals surface area contributed by atoms with Crippen LogP contribution in [0.15, 0.2) is 5.38 Å². The van der Waals surface area contributed by atoms with Crippen LogP contribution in [0, 0.1) is 0 Å². The summed E-state index contributed by atoms with van der Waals surface area (Å²) in [4.78, 5) is 16.1. The number of nitrogens with one attached hydrogen (secondary N) is 2. The van der Waals surface area contributed by atoms with Gasteiger partial charge in [-0.1, -0.05) is 19.1 Å². The maximum Gasteiger partial charge on any atom is 0.270 e. The first-order valence-corrected chi connectivity index (χ1v) is 6.50. The minimum absolute atomic E-state index is 0.165. The second kappa shape index (κ2) is 5.67. The summed E-state index contributed by atoms with van der Waals surface area (Å²) in [5.41, 5.74) is 0.469. The van der Waals surface area contributed by atoms with E-state index in [4.69, 9.17) is 0 Å². The van der Waals surface area contributed by atoms with Crippen molar-refractivity contribution in [2.45, 2.75) is 26.2 Å². The van der Waals surface area contributed by atoms with Crippen LogP contribution in [-0.2, 0) is 6.42 Å². The first-order chi connectivity index (χ1) is 8.66. The van der Waals surface area contributed by atoms with Crippen LogP contribution in [-0.4, -0.2) is 38.1 Å². The van der Waals surface area contributed by atoms with Crippen molar-refractivity contribution in [2.24, 2.45) is 0 Å². The molecule has 0 unspecified atom stereocenters. The van der Waals surface area contributed by atoms with Gasteiger partial charge in [-0.15, -0.1) is 21.5 Å². The van der Waals surface area contributed by atoms with Crippen molar-refractivity contribution in [1.29, 1.82) is 0 Å². The Morgan fingerprint density at radius 1 is 1.56 bits per heavy atom. The molecule has 0 aliphatic rings.